The van der Waals surface area contributed by atoms with Crippen molar-refractivity contribution in [3.8, 4) is 11.3 Å². The summed E-state index contributed by atoms with van der Waals surface area (Å²) in [5, 5.41) is 8.44. The van der Waals surface area contributed by atoms with Crippen molar-refractivity contribution in [3.05, 3.63) is 36.2 Å². The van der Waals surface area contributed by atoms with Gasteiger partial charge in [0.1, 0.15) is 11.6 Å². The van der Waals surface area contributed by atoms with Gasteiger partial charge in [-0.05, 0) is 44.0 Å². The van der Waals surface area contributed by atoms with Crippen molar-refractivity contribution >= 4 is 17.3 Å². The number of nitrogen functional groups attached to an aromatic ring is 1. The molecule has 2 fully saturated rings. The van der Waals surface area contributed by atoms with Gasteiger partial charge in [-0.2, -0.15) is 0 Å². The zero-order valence-electron chi connectivity index (χ0n) is 14.9. The van der Waals surface area contributed by atoms with Crippen LogP contribution in [0.3, 0.4) is 0 Å². The number of pyridine rings is 1. The number of nitrogens with two attached hydrogens (primary N) is 1. The van der Waals surface area contributed by atoms with Crippen LogP contribution in [-0.4, -0.2) is 45.3 Å². The van der Waals surface area contributed by atoms with E-state index in [4.69, 9.17) is 15.8 Å². The van der Waals surface area contributed by atoms with Crippen LogP contribution in [0.4, 0.5) is 11.6 Å². The number of hydrogen-bond acceptors (Lipinski definition) is 6. The number of fused-ring (bicyclic) bond motifs is 1. The molecule has 3 aromatic heterocycles. The highest BCUT2D eigenvalue weighted by molar-refractivity contribution is 5.70. The summed E-state index contributed by atoms with van der Waals surface area (Å²) in [6.07, 6.45) is 4.14. The quantitative estimate of drug-likeness (QED) is 0.753. The predicted molar refractivity (Wildman–Crippen MR) is 102 cm³/mol. The first-order valence-corrected chi connectivity index (χ1v) is 9.29. The van der Waals surface area contributed by atoms with Crippen LogP contribution in [0.15, 0.2) is 30.5 Å². The Morgan fingerprint density at radius 1 is 1.23 bits per heavy atom. The lowest BCUT2D eigenvalue weighted by atomic mass is 10.1. The van der Waals surface area contributed by atoms with E-state index in [0.29, 0.717) is 17.8 Å². The fraction of sp³-hybridized carbons (Fsp3) is 0.421. The number of nitrogens with zero attached hydrogens (tertiary/aromatic N) is 5. The number of nitrogens with one attached hydrogen (secondary N) is 1. The van der Waals surface area contributed by atoms with E-state index < -0.39 is 0 Å². The molecule has 5 rings (SSSR count). The third-order valence-electron chi connectivity index (χ3n) is 5.20. The molecule has 1 saturated carbocycles. The molecular formula is C19H23N7. The summed E-state index contributed by atoms with van der Waals surface area (Å²) >= 11 is 0. The Balaban J connectivity index is 1.65. The van der Waals surface area contributed by atoms with Gasteiger partial charge in [0.2, 0.25) is 0 Å². The maximum Gasteiger partial charge on any atom is 0.154 e. The molecule has 1 saturated heterocycles. The van der Waals surface area contributed by atoms with Crippen molar-refractivity contribution < 1.29 is 0 Å². The van der Waals surface area contributed by atoms with Crippen LogP contribution in [0.5, 0.6) is 0 Å². The molecule has 3 N–H and O–H groups in total. The van der Waals surface area contributed by atoms with Crippen molar-refractivity contribution in [2.45, 2.75) is 31.7 Å². The third-order valence-corrected chi connectivity index (χ3v) is 5.20. The van der Waals surface area contributed by atoms with Crippen LogP contribution in [0.2, 0.25) is 0 Å². The van der Waals surface area contributed by atoms with Gasteiger partial charge in [-0.1, -0.05) is 0 Å². The number of piperazine rings is 1. The lowest BCUT2D eigenvalue weighted by molar-refractivity contribution is 0.481. The van der Waals surface area contributed by atoms with Gasteiger partial charge in [-0.25, -0.2) is 14.5 Å². The van der Waals surface area contributed by atoms with Crippen molar-refractivity contribution in [2.75, 3.05) is 30.3 Å². The SMILES string of the molecule is CC1CN(c2ccc3nc(C4CC4)c(-c4ccnc(N)c4)n3n2)CCN1. The van der Waals surface area contributed by atoms with Gasteiger partial charge in [0.05, 0.1) is 11.4 Å². The molecule has 0 aromatic carbocycles. The highest BCUT2D eigenvalue weighted by atomic mass is 15.3. The maximum atomic E-state index is 5.94. The van der Waals surface area contributed by atoms with E-state index >= 15 is 0 Å². The summed E-state index contributed by atoms with van der Waals surface area (Å²) in [5.41, 5.74) is 10.1. The Morgan fingerprint density at radius 3 is 2.88 bits per heavy atom. The molecule has 1 unspecified atom stereocenters. The first-order chi connectivity index (χ1) is 12.7. The number of aromatic nitrogens is 4. The summed E-state index contributed by atoms with van der Waals surface area (Å²) in [7, 11) is 0. The zero-order chi connectivity index (χ0) is 17.7. The average molecular weight is 349 g/mol. The van der Waals surface area contributed by atoms with Gasteiger partial charge in [0, 0.05) is 43.4 Å². The summed E-state index contributed by atoms with van der Waals surface area (Å²) < 4.78 is 1.99. The summed E-state index contributed by atoms with van der Waals surface area (Å²) in [6.45, 7) is 5.11. The maximum absolute atomic E-state index is 5.94. The van der Waals surface area contributed by atoms with Gasteiger partial charge in [0.15, 0.2) is 5.65 Å². The Bertz CT molecular complexity index is 960. The minimum absolute atomic E-state index is 0.463. The second-order valence-electron chi connectivity index (χ2n) is 7.35. The van der Waals surface area contributed by atoms with Crippen LogP contribution >= 0.6 is 0 Å². The summed E-state index contributed by atoms with van der Waals surface area (Å²) in [4.78, 5) is 11.4. The third kappa shape index (κ3) is 2.68. The topological polar surface area (TPSA) is 84.4 Å². The number of rotatable bonds is 3. The minimum atomic E-state index is 0.463. The Morgan fingerprint density at radius 2 is 2.12 bits per heavy atom. The fourth-order valence-electron chi connectivity index (χ4n) is 3.76. The molecule has 0 amide bonds. The normalized spacial score (nSPS) is 20.7. The second kappa shape index (κ2) is 5.95. The smallest absolute Gasteiger partial charge is 0.154 e. The van der Waals surface area contributed by atoms with Crippen LogP contribution in [0, 0.1) is 0 Å². The van der Waals surface area contributed by atoms with Crippen LogP contribution in [0.25, 0.3) is 16.9 Å². The molecule has 7 heteroatoms. The van der Waals surface area contributed by atoms with E-state index in [-0.39, 0.29) is 0 Å². The largest absolute Gasteiger partial charge is 0.384 e. The Hall–Kier alpha value is -2.67. The predicted octanol–water partition coefficient (Wildman–Crippen LogP) is 2.05. The fourth-order valence-corrected chi connectivity index (χ4v) is 3.76. The second-order valence-corrected chi connectivity index (χ2v) is 7.35. The van der Waals surface area contributed by atoms with Crippen molar-refractivity contribution in [3.63, 3.8) is 0 Å². The highest BCUT2D eigenvalue weighted by Crippen LogP contribution is 2.44. The van der Waals surface area contributed by atoms with E-state index in [1.807, 2.05) is 16.6 Å². The van der Waals surface area contributed by atoms with Crippen LogP contribution in [0.1, 0.15) is 31.4 Å². The van der Waals surface area contributed by atoms with Gasteiger partial charge in [-0.3, -0.25) is 0 Å². The van der Waals surface area contributed by atoms with Crippen molar-refractivity contribution in [1.82, 2.24) is 24.9 Å². The van der Waals surface area contributed by atoms with E-state index in [2.05, 4.69) is 34.3 Å². The van der Waals surface area contributed by atoms with Gasteiger partial charge in [0.25, 0.3) is 0 Å². The lowest BCUT2D eigenvalue weighted by Gasteiger charge is -2.32. The molecule has 3 aromatic rings. The molecule has 0 spiro atoms. The van der Waals surface area contributed by atoms with Crippen LogP contribution in [-0.2, 0) is 0 Å². The van der Waals surface area contributed by atoms with Crippen LogP contribution < -0.4 is 16.0 Å². The van der Waals surface area contributed by atoms with E-state index in [9.17, 15) is 0 Å². The summed E-state index contributed by atoms with van der Waals surface area (Å²) in [6, 6.07) is 8.53. The van der Waals surface area contributed by atoms with Gasteiger partial charge < -0.3 is 16.0 Å². The minimum Gasteiger partial charge on any atom is -0.384 e. The number of anilines is 2. The standard InChI is InChI=1S/C19H23N7/c1-12-11-25(9-8-21-12)17-5-4-16-23-18(13-2-3-13)19(26(16)24-17)14-6-7-22-15(20)10-14/h4-7,10,12-13,21H,2-3,8-9,11H2,1H3,(H2,20,22). The van der Waals surface area contributed by atoms with Gasteiger partial charge in [-0.15, -0.1) is 5.10 Å². The Labute approximate surface area is 152 Å². The van der Waals surface area contributed by atoms with Gasteiger partial charge >= 0.3 is 0 Å². The molecule has 0 radical (unpaired) electrons. The average Bonchev–Trinajstić information content (AvgIpc) is 3.41. The van der Waals surface area contributed by atoms with Crippen molar-refractivity contribution in [2.24, 2.45) is 0 Å². The molecule has 4 heterocycles. The molecule has 26 heavy (non-hydrogen) atoms. The van der Waals surface area contributed by atoms with E-state index in [1.165, 1.54) is 12.8 Å². The molecule has 1 aliphatic carbocycles. The summed E-state index contributed by atoms with van der Waals surface area (Å²) in [5.74, 6) is 2.05. The monoisotopic (exact) mass is 349 g/mol. The molecule has 1 atom stereocenters. The Kier molecular flexibility index (Phi) is 3.56. The molecule has 1 aliphatic heterocycles. The number of hydrogen-bond donors (Lipinski definition) is 2. The highest BCUT2D eigenvalue weighted by Gasteiger charge is 2.31. The van der Waals surface area contributed by atoms with E-state index in [1.54, 1.807) is 6.20 Å². The van der Waals surface area contributed by atoms with Crippen molar-refractivity contribution in [1.29, 1.82) is 0 Å². The zero-order valence-corrected chi connectivity index (χ0v) is 14.9. The first-order valence-electron chi connectivity index (χ1n) is 9.29. The molecule has 0 bridgehead atoms. The lowest BCUT2D eigenvalue weighted by Crippen LogP contribution is -2.49. The van der Waals surface area contributed by atoms with E-state index in [0.717, 1.165) is 48.1 Å². The molecular weight excluding hydrogens is 326 g/mol. The first kappa shape index (κ1) is 15.6. The molecule has 134 valence electrons. The molecule has 2 aliphatic rings. The molecule has 7 nitrogen and oxygen atoms in total. The number of imidazole rings is 1.